The maximum atomic E-state index is 13.1. The van der Waals surface area contributed by atoms with Crippen LogP contribution < -0.4 is 14.8 Å². The van der Waals surface area contributed by atoms with Gasteiger partial charge in [0.25, 0.3) is 5.91 Å². The number of nitrogens with one attached hydrogen (secondary N) is 1. The van der Waals surface area contributed by atoms with Crippen molar-refractivity contribution in [2.45, 2.75) is 43.9 Å². The number of para-hydroxylation sites is 1. The summed E-state index contributed by atoms with van der Waals surface area (Å²) in [6, 6.07) is 14.1. The zero-order valence-corrected chi connectivity index (χ0v) is 16.7. The first-order valence-electron chi connectivity index (χ1n) is 10.2. The summed E-state index contributed by atoms with van der Waals surface area (Å²) in [5, 5.41) is 3.35. The average molecular weight is 398 g/mol. The van der Waals surface area contributed by atoms with Gasteiger partial charge < -0.3 is 19.7 Å². The van der Waals surface area contributed by atoms with Gasteiger partial charge in [0.05, 0.1) is 6.54 Å². The lowest BCUT2D eigenvalue weighted by Crippen LogP contribution is -2.52. The van der Waals surface area contributed by atoms with Gasteiger partial charge in [-0.3, -0.25) is 4.79 Å². The molecule has 0 saturated heterocycles. The monoisotopic (exact) mass is 398 g/mol. The van der Waals surface area contributed by atoms with Crippen LogP contribution in [-0.4, -0.2) is 42.6 Å². The van der Waals surface area contributed by atoms with Gasteiger partial charge in [-0.15, -0.1) is 0 Å². The number of nitrogens with zero attached hydrogens (tertiary/aromatic N) is 1. The Morgan fingerprint density at radius 3 is 2.66 bits per heavy atom. The van der Waals surface area contributed by atoms with Gasteiger partial charge in [0.2, 0.25) is 0 Å². The molecule has 0 aromatic heterocycles. The second-order valence-corrected chi connectivity index (χ2v) is 7.95. The van der Waals surface area contributed by atoms with E-state index in [1.165, 1.54) is 24.3 Å². The number of fused-ring (bicyclic) bond motifs is 1. The van der Waals surface area contributed by atoms with Crippen molar-refractivity contribution < 1.29 is 18.7 Å². The van der Waals surface area contributed by atoms with E-state index in [4.69, 9.17) is 9.47 Å². The van der Waals surface area contributed by atoms with E-state index in [9.17, 15) is 9.18 Å². The molecule has 1 saturated carbocycles. The number of amides is 1. The van der Waals surface area contributed by atoms with Gasteiger partial charge in [0, 0.05) is 18.2 Å². The van der Waals surface area contributed by atoms with E-state index < -0.39 is 0 Å². The highest BCUT2D eigenvalue weighted by atomic mass is 19.1. The first-order valence-corrected chi connectivity index (χ1v) is 10.2. The number of carbonyl (C=O) groups is 1. The Bertz CT molecular complexity index is 847. The van der Waals surface area contributed by atoms with E-state index in [0.717, 1.165) is 37.0 Å². The van der Waals surface area contributed by atoms with Gasteiger partial charge >= 0.3 is 0 Å². The smallest absolute Gasteiger partial charge is 0.260 e. The number of benzene rings is 2. The fraction of sp³-hybridized carbons (Fsp3) is 0.435. The van der Waals surface area contributed by atoms with E-state index in [0.29, 0.717) is 24.9 Å². The van der Waals surface area contributed by atoms with E-state index >= 15 is 0 Å². The Morgan fingerprint density at radius 2 is 1.93 bits per heavy atom. The van der Waals surface area contributed by atoms with Crippen LogP contribution in [0.5, 0.6) is 11.5 Å². The summed E-state index contributed by atoms with van der Waals surface area (Å²) in [7, 11) is 1.99. The van der Waals surface area contributed by atoms with Crippen LogP contribution in [0.4, 0.5) is 4.39 Å². The van der Waals surface area contributed by atoms with Crippen LogP contribution in [0, 0.1) is 5.82 Å². The molecule has 0 radical (unpaired) electrons. The molecular weight excluding hydrogens is 371 g/mol. The number of hydrogen-bond donors (Lipinski definition) is 1. The zero-order valence-electron chi connectivity index (χ0n) is 16.7. The molecule has 0 atom stereocenters. The SMILES string of the molecule is CNC1CCC2(CC1)CN(C(=O)COc1ccc(F)cc1)Cc1ccccc1O2. The van der Waals surface area contributed by atoms with Crippen molar-refractivity contribution in [2.24, 2.45) is 0 Å². The lowest BCUT2D eigenvalue weighted by Gasteiger charge is -2.41. The number of ether oxygens (including phenoxy) is 2. The van der Waals surface area contributed by atoms with Crippen LogP contribution in [-0.2, 0) is 11.3 Å². The molecule has 1 aliphatic carbocycles. The predicted octanol–water partition coefficient (Wildman–Crippen LogP) is 3.53. The largest absolute Gasteiger partial charge is 0.485 e. The zero-order chi connectivity index (χ0) is 20.3. The minimum Gasteiger partial charge on any atom is -0.485 e. The normalized spacial score (nSPS) is 23.8. The molecule has 6 heteroatoms. The predicted molar refractivity (Wildman–Crippen MR) is 108 cm³/mol. The van der Waals surface area contributed by atoms with Crippen molar-refractivity contribution in [3.63, 3.8) is 0 Å². The van der Waals surface area contributed by atoms with Crippen molar-refractivity contribution >= 4 is 5.91 Å². The fourth-order valence-electron chi connectivity index (χ4n) is 4.25. The molecule has 1 spiro atoms. The Labute approximate surface area is 170 Å². The minimum atomic E-state index is -0.370. The van der Waals surface area contributed by atoms with E-state index in [1.54, 1.807) is 0 Å². The van der Waals surface area contributed by atoms with E-state index in [2.05, 4.69) is 5.32 Å². The molecule has 1 fully saturated rings. The molecule has 4 rings (SSSR count). The second kappa shape index (κ2) is 8.41. The number of hydrogen-bond acceptors (Lipinski definition) is 4. The Balaban J connectivity index is 1.50. The maximum Gasteiger partial charge on any atom is 0.260 e. The van der Waals surface area contributed by atoms with Gasteiger partial charge in [0.15, 0.2) is 6.61 Å². The van der Waals surface area contributed by atoms with Crippen LogP contribution in [0.25, 0.3) is 0 Å². The van der Waals surface area contributed by atoms with Crippen molar-refractivity contribution in [3.8, 4) is 11.5 Å². The van der Waals surface area contributed by atoms with Gasteiger partial charge in [-0.1, -0.05) is 18.2 Å². The van der Waals surface area contributed by atoms with Gasteiger partial charge in [-0.05, 0) is 63.1 Å². The molecule has 2 aromatic rings. The van der Waals surface area contributed by atoms with Gasteiger partial charge in [-0.25, -0.2) is 4.39 Å². The third-order valence-corrected chi connectivity index (χ3v) is 5.97. The molecule has 1 N–H and O–H groups in total. The highest BCUT2D eigenvalue weighted by Crippen LogP contribution is 2.38. The lowest BCUT2D eigenvalue weighted by atomic mass is 9.81. The summed E-state index contributed by atoms with van der Waals surface area (Å²) in [6.45, 7) is 0.964. The molecule has 0 bridgehead atoms. The van der Waals surface area contributed by atoms with Crippen LogP contribution >= 0.6 is 0 Å². The minimum absolute atomic E-state index is 0.0803. The maximum absolute atomic E-state index is 13.1. The standard InChI is InChI=1S/C23H27FN2O3/c1-25-19-10-12-23(13-11-19)16-26(14-17-4-2-3-5-21(17)29-23)22(27)15-28-20-8-6-18(24)7-9-20/h2-9,19,25H,10-16H2,1H3. The summed E-state index contributed by atoms with van der Waals surface area (Å²) < 4.78 is 25.2. The van der Waals surface area contributed by atoms with Gasteiger partial charge in [-0.2, -0.15) is 0 Å². The summed E-state index contributed by atoms with van der Waals surface area (Å²) in [6.07, 6.45) is 3.84. The molecule has 1 aliphatic heterocycles. The average Bonchev–Trinajstić information content (AvgIpc) is 2.90. The molecule has 2 aliphatic rings. The van der Waals surface area contributed by atoms with Crippen molar-refractivity contribution in [2.75, 3.05) is 20.2 Å². The highest BCUT2D eigenvalue weighted by Gasteiger charge is 2.42. The van der Waals surface area contributed by atoms with E-state index in [-0.39, 0.29) is 23.9 Å². The molecule has 0 unspecified atom stereocenters. The molecule has 154 valence electrons. The summed E-state index contributed by atoms with van der Waals surface area (Å²) in [5.41, 5.74) is 0.640. The highest BCUT2D eigenvalue weighted by molar-refractivity contribution is 5.78. The van der Waals surface area contributed by atoms with Gasteiger partial charge in [0.1, 0.15) is 22.9 Å². The Hall–Kier alpha value is -2.60. The lowest BCUT2D eigenvalue weighted by molar-refractivity contribution is -0.137. The summed E-state index contributed by atoms with van der Waals surface area (Å²) in [4.78, 5) is 14.8. The second-order valence-electron chi connectivity index (χ2n) is 7.95. The Kier molecular flexibility index (Phi) is 5.72. The molecule has 5 nitrogen and oxygen atoms in total. The number of halogens is 1. The molecule has 1 amide bonds. The molecule has 29 heavy (non-hydrogen) atoms. The molecule has 1 heterocycles. The van der Waals surface area contributed by atoms with Crippen LogP contribution in [0.2, 0.25) is 0 Å². The van der Waals surface area contributed by atoms with Crippen molar-refractivity contribution in [1.82, 2.24) is 10.2 Å². The molecular formula is C23H27FN2O3. The number of rotatable bonds is 4. The third-order valence-electron chi connectivity index (χ3n) is 5.97. The van der Waals surface area contributed by atoms with Crippen molar-refractivity contribution in [3.05, 3.63) is 59.9 Å². The summed E-state index contributed by atoms with van der Waals surface area (Å²) >= 11 is 0. The van der Waals surface area contributed by atoms with Crippen LogP contribution in [0.3, 0.4) is 0 Å². The first-order chi connectivity index (χ1) is 14.1. The Morgan fingerprint density at radius 1 is 1.21 bits per heavy atom. The van der Waals surface area contributed by atoms with Crippen molar-refractivity contribution in [1.29, 1.82) is 0 Å². The van der Waals surface area contributed by atoms with Crippen LogP contribution in [0.15, 0.2) is 48.5 Å². The quantitative estimate of drug-likeness (QED) is 0.856. The van der Waals surface area contributed by atoms with E-state index in [1.807, 2.05) is 36.2 Å². The summed E-state index contributed by atoms with van der Waals surface area (Å²) in [5.74, 6) is 0.925. The third kappa shape index (κ3) is 4.53. The topological polar surface area (TPSA) is 50.8 Å². The number of carbonyl (C=O) groups excluding carboxylic acids is 1. The first kappa shape index (κ1) is 19.7. The van der Waals surface area contributed by atoms with Crippen LogP contribution in [0.1, 0.15) is 31.2 Å². The molecule has 2 aromatic carbocycles. The fourth-order valence-corrected chi connectivity index (χ4v) is 4.25.